The van der Waals surface area contributed by atoms with Crippen molar-refractivity contribution in [3.8, 4) is 0 Å². The Morgan fingerprint density at radius 3 is 2.45 bits per heavy atom. The highest BCUT2D eigenvalue weighted by Gasteiger charge is 2.06. The molecule has 6 heteroatoms. The normalized spacial score (nSPS) is 9.95. The first kappa shape index (κ1) is 18.8. The quantitative estimate of drug-likeness (QED) is 0.863. The third-order valence-corrected chi connectivity index (χ3v) is 2.97. The summed E-state index contributed by atoms with van der Waals surface area (Å²) >= 11 is 0. The maximum Gasteiger partial charge on any atom is 0.0534 e. The fraction of sp³-hybridized carbons (Fsp3) is 0.357. The summed E-state index contributed by atoms with van der Waals surface area (Å²) in [5.41, 5.74) is 9.11. The predicted octanol–water partition coefficient (Wildman–Crippen LogP) is 2.87. The second-order valence-corrected chi connectivity index (χ2v) is 4.57. The predicted molar refractivity (Wildman–Crippen MR) is 88.3 cm³/mol. The molecule has 0 saturated heterocycles. The van der Waals surface area contributed by atoms with Crippen molar-refractivity contribution in [3.05, 3.63) is 47.8 Å². The van der Waals surface area contributed by atoms with E-state index in [-0.39, 0.29) is 24.8 Å². The molecule has 2 aromatic rings. The molecule has 0 saturated carbocycles. The van der Waals surface area contributed by atoms with Crippen LogP contribution in [0.1, 0.15) is 18.1 Å². The summed E-state index contributed by atoms with van der Waals surface area (Å²) in [5, 5.41) is 4.20. The zero-order chi connectivity index (χ0) is 13.0. The van der Waals surface area contributed by atoms with Crippen molar-refractivity contribution in [2.75, 3.05) is 12.3 Å². The summed E-state index contributed by atoms with van der Waals surface area (Å²) in [5.74, 6) is 0. The molecule has 1 aromatic carbocycles. The van der Waals surface area contributed by atoms with Crippen LogP contribution in [0, 0.1) is 0 Å². The van der Waals surface area contributed by atoms with E-state index in [1.54, 1.807) is 0 Å². The number of benzene rings is 1. The molecule has 0 amide bonds. The van der Waals surface area contributed by atoms with Crippen molar-refractivity contribution in [2.24, 2.45) is 7.05 Å². The van der Waals surface area contributed by atoms with Crippen molar-refractivity contribution in [1.82, 2.24) is 14.7 Å². The van der Waals surface area contributed by atoms with Crippen LogP contribution in [0.25, 0.3) is 0 Å². The summed E-state index contributed by atoms with van der Waals surface area (Å²) < 4.78 is 1.84. The summed E-state index contributed by atoms with van der Waals surface area (Å²) in [6.45, 7) is 5.00. The molecule has 2 rings (SSSR count). The molecule has 2 N–H and O–H groups in total. The largest absolute Gasteiger partial charge is 0.399 e. The average Bonchev–Trinajstić information content (AvgIpc) is 2.74. The molecule has 0 fully saturated rings. The van der Waals surface area contributed by atoms with Gasteiger partial charge >= 0.3 is 0 Å². The van der Waals surface area contributed by atoms with E-state index in [9.17, 15) is 0 Å². The molecule has 0 aliphatic carbocycles. The lowest BCUT2D eigenvalue weighted by Crippen LogP contribution is -2.22. The van der Waals surface area contributed by atoms with Gasteiger partial charge in [0.25, 0.3) is 0 Å². The molecule has 1 aromatic heterocycles. The average molecular weight is 317 g/mol. The van der Waals surface area contributed by atoms with Crippen LogP contribution in [0.3, 0.4) is 0 Å². The zero-order valence-electron chi connectivity index (χ0n) is 11.8. The topological polar surface area (TPSA) is 47.1 Å². The Labute approximate surface area is 132 Å². The Morgan fingerprint density at radius 1 is 1.20 bits per heavy atom. The molecule has 4 nitrogen and oxygen atoms in total. The van der Waals surface area contributed by atoms with Gasteiger partial charge in [-0.2, -0.15) is 5.10 Å². The summed E-state index contributed by atoms with van der Waals surface area (Å²) in [4.78, 5) is 2.37. The number of nitrogen functional groups attached to an aromatic ring is 1. The Kier molecular flexibility index (Phi) is 8.30. The molecular formula is C14H22Cl2N4. The molecule has 0 spiro atoms. The lowest BCUT2D eigenvalue weighted by Gasteiger charge is -2.19. The van der Waals surface area contributed by atoms with Crippen molar-refractivity contribution in [2.45, 2.75) is 20.0 Å². The number of aromatic nitrogens is 2. The number of anilines is 1. The molecule has 20 heavy (non-hydrogen) atoms. The van der Waals surface area contributed by atoms with Crippen molar-refractivity contribution in [3.63, 3.8) is 0 Å². The minimum Gasteiger partial charge on any atom is -0.399 e. The van der Waals surface area contributed by atoms with E-state index in [1.165, 1.54) is 11.1 Å². The standard InChI is InChI=1S/C14H20N4.2ClH/c1-3-18(11-13-8-16-17(2)9-13)10-12-5-4-6-14(15)7-12;;/h4-9H,3,10-11,15H2,1-2H3;2*1H. The van der Waals surface area contributed by atoms with Crippen LogP contribution in [0.2, 0.25) is 0 Å². The molecule has 0 aliphatic rings. The number of halogens is 2. The van der Waals surface area contributed by atoms with E-state index in [4.69, 9.17) is 5.73 Å². The van der Waals surface area contributed by atoms with Crippen molar-refractivity contribution < 1.29 is 0 Å². The van der Waals surface area contributed by atoms with E-state index < -0.39 is 0 Å². The van der Waals surface area contributed by atoms with Gasteiger partial charge in [0, 0.05) is 37.6 Å². The van der Waals surface area contributed by atoms with E-state index in [0.29, 0.717) is 0 Å². The minimum absolute atomic E-state index is 0. The summed E-state index contributed by atoms with van der Waals surface area (Å²) in [7, 11) is 1.94. The van der Waals surface area contributed by atoms with E-state index >= 15 is 0 Å². The highest BCUT2D eigenvalue weighted by molar-refractivity contribution is 5.85. The smallest absolute Gasteiger partial charge is 0.0534 e. The second kappa shape index (κ2) is 8.84. The van der Waals surface area contributed by atoms with Gasteiger partial charge < -0.3 is 5.73 Å². The third kappa shape index (κ3) is 5.41. The van der Waals surface area contributed by atoms with Gasteiger partial charge in [0.15, 0.2) is 0 Å². The fourth-order valence-electron chi connectivity index (χ4n) is 2.04. The Bertz CT molecular complexity index is 513. The van der Waals surface area contributed by atoms with E-state index in [1.807, 2.05) is 36.1 Å². The SMILES string of the molecule is CCN(Cc1cccc(N)c1)Cc1cnn(C)c1.Cl.Cl. The number of hydrogen-bond acceptors (Lipinski definition) is 3. The first-order chi connectivity index (χ1) is 8.67. The molecule has 0 atom stereocenters. The number of rotatable bonds is 5. The van der Waals surface area contributed by atoms with Crippen LogP contribution in [0.5, 0.6) is 0 Å². The third-order valence-electron chi connectivity index (χ3n) is 2.97. The minimum atomic E-state index is 0. The maximum absolute atomic E-state index is 5.80. The second-order valence-electron chi connectivity index (χ2n) is 4.57. The monoisotopic (exact) mass is 316 g/mol. The van der Waals surface area contributed by atoms with Gasteiger partial charge in [-0.25, -0.2) is 0 Å². The molecule has 112 valence electrons. The first-order valence-electron chi connectivity index (χ1n) is 6.21. The lowest BCUT2D eigenvalue weighted by atomic mass is 10.2. The molecule has 0 bridgehead atoms. The van der Waals surface area contributed by atoms with Crippen LogP contribution in [-0.4, -0.2) is 21.2 Å². The van der Waals surface area contributed by atoms with Gasteiger partial charge in [0.05, 0.1) is 6.20 Å². The lowest BCUT2D eigenvalue weighted by molar-refractivity contribution is 0.271. The summed E-state index contributed by atoms with van der Waals surface area (Å²) in [6.07, 6.45) is 3.98. The van der Waals surface area contributed by atoms with Crippen LogP contribution >= 0.6 is 24.8 Å². The van der Waals surface area contributed by atoms with Crippen LogP contribution in [0.15, 0.2) is 36.7 Å². The van der Waals surface area contributed by atoms with Crippen LogP contribution in [0.4, 0.5) is 5.69 Å². The first-order valence-corrected chi connectivity index (χ1v) is 6.21. The van der Waals surface area contributed by atoms with Crippen molar-refractivity contribution >= 4 is 30.5 Å². The Hall–Kier alpha value is -1.23. The van der Waals surface area contributed by atoms with Gasteiger partial charge in [-0.15, -0.1) is 24.8 Å². The number of aryl methyl sites for hydroxylation is 1. The molecule has 0 radical (unpaired) electrons. The number of nitrogens with zero attached hydrogens (tertiary/aromatic N) is 3. The van der Waals surface area contributed by atoms with Gasteiger partial charge in [-0.1, -0.05) is 19.1 Å². The molecule has 1 heterocycles. The highest BCUT2D eigenvalue weighted by Crippen LogP contribution is 2.11. The fourth-order valence-corrected chi connectivity index (χ4v) is 2.04. The molecular weight excluding hydrogens is 295 g/mol. The van der Waals surface area contributed by atoms with Gasteiger partial charge in [-0.3, -0.25) is 9.58 Å². The zero-order valence-corrected chi connectivity index (χ0v) is 13.5. The number of nitrogens with two attached hydrogens (primary N) is 1. The van der Waals surface area contributed by atoms with Gasteiger partial charge in [0.1, 0.15) is 0 Å². The molecule has 0 unspecified atom stereocenters. The van der Waals surface area contributed by atoms with Gasteiger partial charge in [0.2, 0.25) is 0 Å². The summed E-state index contributed by atoms with van der Waals surface area (Å²) in [6, 6.07) is 8.07. The highest BCUT2D eigenvalue weighted by atomic mass is 35.5. The van der Waals surface area contributed by atoms with Crippen LogP contribution < -0.4 is 5.73 Å². The van der Waals surface area contributed by atoms with E-state index in [2.05, 4.69) is 29.2 Å². The Morgan fingerprint density at radius 2 is 1.90 bits per heavy atom. The molecule has 0 aliphatic heterocycles. The van der Waals surface area contributed by atoms with E-state index in [0.717, 1.165) is 25.3 Å². The van der Waals surface area contributed by atoms with Crippen molar-refractivity contribution in [1.29, 1.82) is 0 Å². The van der Waals surface area contributed by atoms with Gasteiger partial charge in [-0.05, 0) is 24.2 Å². The number of hydrogen-bond donors (Lipinski definition) is 1. The Balaban J connectivity index is 0.00000180. The van der Waals surface area contributed by atoms with Crippen LogP contribution in [-0.2, 0) is 20.1 Å². The maximum atomic E-state index is 5.80.